The van der Waals surface area contributed by atoms with Crippen LogP contribution in [0.3, 0.4) is 0 Å². The Labute approximate surface area is 129 Å². The van der Waals surface area contributed by atoms with Gasteiger partial charge in [-0.2, -0.15) is 0 Å². The monoisotopic (exact) mass is 293 g/mol. The largest absolute Gasteiger partial charge is 0.311 e. The summed E-state index contributed by atoms with van der Waals surface area (Å²) in [7, 11) is 2.42. The number of rotatable bonds is 3. The predicted molar refractivity (Wildman–Crippen MR) is 96.8 cm³/mol. The number of para-hydroxylation sites is 3. The van der Waals surface area contributed by atoms with E-state index in [0.29, 0.717) is 0 Å². The Balaban J connectivity index is 0.000000774. The van der Waals surface area contributed by atoms with Gasteiger partial charge in [-0.25, -0.2) is 0 Å². The van der Waals surface area contributed by atoms with E-state index in [1.165, 1.54) is 17.1 Å². The predicted octanol–water partition coefficient (Wildman–Crippen LogP) is 5.65. The fourth-order valence-electron chi connectivity index (χ4n) is 2.18. The summed E-state index contributed by atoms with van der Waals surface area (Å²) >= 11 is 0. The third-order valence-electron chi connectivity index (χ3n) is 3.04. The van der Waals surface area contributed by atoms with Crippen molar-refractivity contribution in [1.82, 2.24) is 0 Å². The highest BCUT2D eigenvalue weighted by Gasteiger charge is 2.10. The molecule has 0 saturated heterocycles. The SMILES string of the molecule is CP.c1ccc(N(c2ccccc2)c2ccccc2)cc1. The molecule has 21 heavy (non-hydrogen) atoms. The molecular formula is C19H20NP. The van der Waals surface area contributed by atoms with Gasteiger partial charge in [-0.3, -0.25) is 0 Å². The lowest BCUT2D eigenvalue weighted by atomic mass is 10.2. The maximum absolute atomic E-state index is 2.42. The van der Waals surface area contributed by atoms with Crippen LogP contribution in [0.25, 0.3) is 0 Å². The van der Waals surface area contributed by atoms with Gasteiger partial charge in [-0.1, -0.05) is 61.3 Å². The second-order valence-electron chi connectivity index (χ2n) is 4.34. The van der Waals surface area contributed by atoms with Gasteiger partial charge in [0.25, 0.3) is 0 Å². The molecule has 0 heterocycles. The lowest BCUT2D eigenvalue weighted by Crippen LogP contribution is -2.09. The minimum atomic E-state index is 1.17. The smallest absolute Gasteiger partial charge is 0.0461 e. The van der Waals surface area contributed by atoms with Crippen LogP contribution in [0.1, 0.15) is 0 Å². The molecule has 2 heteroatoms. The maximum Gasteiger partial charge on any atom is 0.0461 e. The molecule has 0 aliphatic heterocycles. The Morgan fingerprint density at radius 1 is 0.476 bits per heavy atom. The Morgan fingerprint density at radius 3 is 0.952 bits per heavy atom. The lowest BCUT2D eigenvalue weighted by Gasteiger charge is -2.25. The van der Waals surface area contributed by atoms with Crippen LogP contribution in [0.15, 0.2) is 91.0 Å². The topological polar surface area (TPSA) is 3.24 Å². The maximum atomic E-state index is 2.42. The highest BCUT2D eigenvalue weighted by Crippen LogP contribution is 2.33. The summed E-state index contributed by atoms with van der Waals surface area (Å²) in [6.45, 7) is 1.92. The summed E-state index contributed by atoms with van der Waals surface area (Å²) in [5.74, 6) is 0. The van der Waals surface area contributed by atoms with E-state index in [1.807, 2.05) is 24.9 Å². The zero-order valence-corrected chi connectivity index (χ0v) is 13.3. The van der Waals surface area contributed by atoms with Crippen molar-refractivity contribution in [3.8, 4) is 0 Å². The molecule has 3 rings (SSSR count). The number of hydrogen-bond donors (Lipinski definition) is 0. The van der Waals surface area contributed by atoms with Crippen molar-refractivity contribution in [2.45, 2.75) is 0 Å². The number of benzene rings is 3. The van der Waals surface area contributed by atoms with E-state index in [9.17, 15) is 0 Å². The average molecular weight is 293 g/mol. The van der Waals surface area contributed by atoms with Gasteiger partial charge < -0.3 is 4.90 Å². The first kappa shape index (κ1) is 15.3. The van der Waals surface area contributed by atoms with E-state index < -0.39 is 0 Å². The zero-order valence-electron chi connectivity index (χ0n) is 12.2. The second-order valence-corrected chi connectivity index (χ2v) is 4.34. The number of nitrogens with zero attached hydrogens (tertiary/aromatic N) is 1. The molecule has 0 spiro atoms. The quantitative estimate of drug-likeness (QED) is 0.564. The summed E-state index contributed by atoms with van der Waals surface area (Å²) < 4.78 is 0. The third-order valence-corrected chi connectivity index (χ3v) is 3.04. The van der Waals surface area contributed by atoms with E-state index in [0.717, 1.165) is 0 Å². The third kappa shape index (κ3) is 3.93. The van der Waals surface area contributed by atoms with Crippen LogP contribution in [-0.4, -0.2) is 6.66 Å². The normalized spacial score (nSPS) is 9.43. The van der Waals surface area contributed by atoms with Crippen LogP contribution in [0.5, 0.6) is 0 Å². The molecular weight excluding hydrogens is 273 g/mol. The summed E-state index contributed by atoms with van der Waals surface area (Å²) in [6.07, 6.45) is 0. The van der Waals surface area contributed by atoms with Gasteiger partial charge in [-0.15, -0.1) is 9.24 Å². The van der Waals surface area contributed by atoms with Crippen LogP contribution in [0, 0.1) is 0 Å². The molecule has 3 aromatic rings. The zero-order chi connectivity index (χ0) is 14.9. The molecule has 0 aliphatic rings. The van der Waals surface area contributed by atoms with E-state index in [1.54, 1.807) is 0 Å². The molecule has 1 nitrogen and oxygen atoms in total. The van der Waals surface area contributed by atoms with Crippen molar-refractivity contribution in [3.63, 3.8) is 0 Å². The van der Waals surface area contributed by atoms with Gasteiger partial charge in [0, 0.05) is 17.1 Å². The lowest BCUT2D eigenvalue weighted by molar-refractivity contribution is 1.28. The van der Waals surface area contributed by atoms with Gasteiger partial charge in [0.2, 0.25) is 0 Å². The van der Waals surface area contributed by atoms with E-state index in [4.69, 9.17) is 0 Å². The molecule has 1 unspecified atom stereocenters. The molecule has 0 fully saturated rings. The standard InChI is InChI=1S/C18H15N.CH5P/c1-4-10-16(11-5-1)19(17-12-6-2-7-13-17)18-14-8-3-9-15-18;1-2/h1-15H;2H2,1H3. The molecule has 0 saturated carbocycles. The summed E-state index contributed by atoms with van der Waals surface area (Å²) in [6, 6.07) is 31.3. The van der Waals surface area contributed by atoms with Crippen molar-refractivity contribution < 1.29 is 0 Å². The Bertz CT molecular complexity index is 530. The first-order chi connectivity index (χ1) is 10.4. The minimum absolute atomic E-state index is 1.17. The number of anilines is 3. The molecule has 1 atom stereocenters. The second kappa shape index (κ2) is 8.24. The highest BCUT2D eigenvalue weighted by molar-refractivity contribution is 7.15. The fraction of sp³-hybridized carbons (Fsp3) is 0.0526. The van der Waals surface area contributed by atoms with Gasteiger partial charge in [0.15, 0.2) is 0 Å². The summed E-state index contributed by atoms with van der Waals surface area (Å²) in [4.78, 5) is 2.25. The van der Waals surface area contributed by atoms with Crippen LogP contribution >= 0.6 is 9.24 Å². The van der Waals surface area contributed by atoms with Crippen LogP contribution in [-0.2, 0) is 0 Å². The first-order valence-corrected chi connectivity index (χ1v) is 8.13. The molecule has 0 amide bonds. The van der Waals surface area contributed by atoms with Gasteiger partial charge in [0.05, 0.1) is 0 Å². The van der Waals surface area contributed by atoms with Crippen molar-refractivity contribution in [2.75, 3.05) is 11.6 Å². The Kier molecular flexibility index (Phi) is 5.99. The molecule has 0 bridgehead atoms. The van der Waals surface area contributed by atoms with Crippen molar-refractivity contribution >= 4 is 26.3 Å². The molecule has 0 radical (unpaired) electrons. The molecule has 106 valence electrons. The van der Waals surface area contributed by atoms with E-state index in [2.05, 4.69) is 86.9 Å². The Hall–Kier alpha value is -2.11. The van der Waals surface area contributed by atoms with Crippen molar-refractivity contribution in [3.05, 3.63) is 91.0 Å². The van der Waals surface area contributed by atoms with Gasteiger partial charge in [-0.05, 0) is 36.4 Å². The van der Waals surface area contributed by atoms with Crippen LogP contribution < -0.4 is 4.90 Å². The summed E-state index contributed by atoms with van der Waals surface area (Å²) in [5, 5.41) is 0. The number of hydrogen-bond acceptors (Lipinski definition) is 1. The highest BCUT2D eigenvalue weighted by atomic mass is 31.0. The fourth-order valence-corrected chi connectivity index (χ4v) is 2.18. The van der Waals surface area contributed by atoms with Gasteiger partial charge >= 0.3 is 0 Å². The molecule has 0 aliphatic carbocycles. The van der Waals surface area contributed by atoms with Crippen LogP contribution in [0.4, 0.5) is 17.1 Å². The summed E-state index contributed by atoms with van der Waals surface area (Å²) in [5.41, 5.74) is 3.50. The van der Waals surface area contributed by atoms with Crippen molar-refractivity contribution in [1.29, 1.82) is 0 Å². The van der Waals surface area contributed by atoms with Gasteiger partial charge in [0.1, 0.15) is 0 Å². The van der Waals surface area contributed by atoms with Crippen molar-refractivity contribution in [2.24, 2.45) is 0 Å². The van der Waals surface area contributed by atoms with E-state index >= 15 is 0 Å². The Morgan fingerprint density at radius 2 is 0.714 bits per heavy atom. The first-order valence-electron chi connectivity index (χ1n) is 6.98. The average Bonchev–Trinajstić information content (AvgIpc) is 2.60. The molecule has 3 aromatic carbocycles. The molecule has 0 aromatic heterocycles. The van der Waals surface area contributed by atoms with Crippen LogP contribution in [0.2, 0.25) is 0 Å². The minimum Gasteiger partial charge on any atom is -0.311 e. The molecule has 0 N–H and O–H groups in total. The van der Waals surface area contributed by atoms with E-state index in [-0.39, 0.29) is 0 Å².